The van der Waals surface area contributed by atoms with Gasteiger partial charge in [0.25, 0.3) is 11.8 Å². The third kappa shape index (κ3) is 3.51. The number of ether oxygens (including phenoxy) is 1. The van der Waals surface area contributed by atoms with E-state index < -0.39 is 6.10 Å². The molecule has 0 spiro atoms. The van der Waals surface area contributed by atoms with Gasteiger partial charge < -0.3 is 10.1 Å². The van der Waals surface area contributed by atoms with Crippen LogP contribution in [0.2, 0.25) is 0 Å². The number of thiazole rings is 1. The van der Waals surface area contributed by atoms with Gasteiger partial charge in [0.05, 0.1) is 22.9 Å². The second-order valence-electron chi connectivity index (χ2n) is 5.93. The molecule has 1 N–H and O–H groups in total. The number of carbonyl (C=O) groups excluding carboxylic acids is 2. The predicted octanol–water partition coefficient (Wildman–Crippen LogP) is 2.69. The third-order valence-corrected chi connectivity index (χ3v) is 5.02. The van der Waals surface area contributed by atoms with Crippen molar-refractivity contribution >= 4 is 28.8 Å². The molecule has 0 aliphatic carbocycles. The van der Waals surface area contributed by atoms with Gasteiger partial charge in [-0.05, 0) is 32.4 Å². The van der Waals surface area contributed by atoms with E-state index in [2.05, 4.69) is 10.3 Å². The topological polar surface area (TPSA) is 71.5 Å². The summed E-state index contributed by atoms with van der Waals surface area (Å²) >= 11 is 1.37. The lowest BCUT2D eigenvalue weighted by atomic mass is 10.1. The molecular formula is C18H21N3O3S. The number of benzene rings is 1. The molecule has 1 aliphatic heterocycles. The maximum Gasteiger partial charge on any atom is 0.270 e. The van der Waals surface area contributed by atoms with Crippen molar-refractivity contribution in [1.29, 1.82) is 0 Å². The molecule has 1 aliphatic rings. The van der Waals surface area contributed by atoms with Crippen molar-refractivity contribution in [1.82, 2.24) is 10.3 Å². The molecular weight excluding hydrogens is 338 g/mol. The van der Waals surface area contributed by atoms with Crippen LogP contribution < -0.4 is 15.0 Å². The van der Waals surface area contributed by atoms with E-state index in [1.807, 2.05) is 39.0 Å². The molecule has 1 aromatic carbocycles. The molecule has 3 rings (SSSR count). The lowest BCUT2D eigenvalue weighted by Gasteiger charge is -2.34. The number of amides is 2. The number of nitrogens with one attached hydrogen (secondary N) is 1. The average molecular weight is 359 g/mol. The number of nitrogens with zero attached hydrogens (tertiary/aromatic N) is 2. The van der Waals surface area contributed by atoms with Crippen molar-refractivity contribution in [2.45, 2.75) is 33.3 Å². The largest absolute Gasteiger partial charge is 0.477 e. The van der Waals surface area contributed by atoms with E-state index in [1.54, 1.807) is 11.0 Å². The number of para-hydroxylation sites is 2. The van der Waals surface area contributed by atoms with Crippen LogP contribution in [0.25, 0.3) is 0 Å². The Balaban J connectivity index is 1.92. The molecule has 25 heavy (non-hydrogen) atoms. The smallest absolute Gasteiger partial charge is 0.270 e. The average Bonchev–Trinajstić information content (AvgIpc) is 2.96. The zero-order chi connectivity index (χ0) is 18.0. The molecule has 132 valence electrons. The van der Waals surface area contributed by atoms with Crippen molar-refractivity contribution in [3.63, 3.8) is 0 Å². The maximum absolute atomic E-state index is 13.1. The van der Waals surface area contributed by atoms with Crippen LogP contribution in [0.4, 0.5) is 5.69 Å². The molecule has 0 saturated carbocycles. The number of rotatable bonds is 4. The van der Waals surface area contributed by atoms with Crippen molar-refractivity contribution in [3.8, 4) is 5.75 Å². The second kappa shape index (κ2) is 7.23. The van der Waals surface area contributed by atoms with E-state index in [9.17, 15) is 9.59 Å². The summed E-state index contributed by atoms with van der Waals surface area (Å²) in [5.41, 5.74) is 1.39. The van der Waals surface area contributed by atoms with Gasteiger partial charge in [0.15, 0.2) is 6.10 Å². The monoisotopic (exact) mass is 359 g/mol. The van der Waals surface area contributed by atoms with Gasteiger partial charge in [0.2, 0.25) is 0 Å². The van der Waals surface area contributed by atoms with E-state index in [0.717, 1.165) is 11.4 Å². The molecule has 7 heteroatoms. The molecule has 1 atom stereocenters. The van der Waals surface area contributed by atoms with Gasteiger partial charge >= 0.3 is 0 Å². The van der Waals surface area contributed by atoms with Crippen molar-refractivity contribution in [2.75, 3.05) is 18.0 Å². The van der Waals surface area contributed by atoms with E-state index in [-0.39, 0.29) is 18.4 Å². The second-order valence-corrected chi connectivity index (χ2v) is 7.13. The highest BCUT2D eigenvalue weighted by atomic mass is 32.1. The Morgan fingerprint density at radius 2 is 2.12 bits per heavy atom. The minimum absolute atomic E-state index is 0.146. The molecule has 6 nitrogen and oxygen atoms in total. The number of anilines is 1. The highest BCUT2D eigenvalue weighted by Gasteiger charge is 2.35. The molecule has 2 heterocycles. The molecule has 0 bridgehead atoms. The first-order valence-electron chi connectivity index (χ1n) is 8.30. The SMILES string of the molecule is CCCNC(=O)[C@H]1CN(C(=O)c2sc(C)nc2C)c2ccccc2O1. The molecule has 2 aromatic rings. The summed E-state index contributed by atoms with van der Waals surface area (Å²) in [6, 6.07) is 7.29. The molecule has 0 radical (unpaired) electrons. The highest BCUT2D eigenvalue weighted by molar-refractivity contribution is 7.13. The van der Waals surface area contributed by atoms with Gasteiger partial charge in [-0.3, -0.25) is 14.5 Å². The quantitative estimate of drug-likeness (QED) is 0.911. The number of aryl methyl sites for hydroxylation is 2. The van der Waals surface area contributed by atoms with Crippen LogP contribution in [-0.2, 0) is 4.79 Å². The Labute approximate surface area is 150 Å². The fraction of sp³-hybridized carbons (Fsp3) is 0.389. The lowest BCUT2D eigenvalue weighted by molar-refractivity contribution is -0.127. The van der Waals surface area contributed by atoms with Crippen molar-refractivity contribution in [2.24, 2.45) is 0 Å². The molecule has 0 saturated heterocycles. The van der Waals surface area contributed by atoms with E-state index >= 15 is 0 Å². The fourth-order valence-corrected chi connectivity index (χ4v) is 3.65. The summed E-state index contributed by atoms with van der Waals surface area (Å²) in [6.07, 6.45) is 0.122. The van der Waals surface area contributed by atoms with E-state index in [1.165, 1.54) is 11.3 Å². The normalized spacial score (nSPS) is 16.1. The predicted molar refractivity (Wildman–Crippen MR) is 97.4 cm³/mol. The zero-order valence-corrected chi connectivity index (χ0v) is 15.4. The van der Waals surface area contributed by atoms with Gasteiger partial charge in [-0.1, -0.05) is 19.1 Å². The van der Waals surface area contributed by atoms with Crippen LogP contribution >= 0.6 is 11.3 Å². The summed E-state index contributed by atoms with van der Waals surface area (Å²) in [6.45, 7) is 6.46. The van der Waals surface area contributed by atoms with Crippen LogP contribution in [-0.4, -0.2) is 36.0 Å². The number of hydrogen-bond acceptors (Lipinski definition) is 5. The minimum Gasteiger partial charge on any atom is -0.477 e. The third-order valence-electron chi connectivity index (χ3n) is 3.96. The Morgan fingerprint density at radius 1 is 1.36 bits per heavy atom. The van der Waals surface area contributed by atoms with Crippen LogP contribution in [0.3, 0.4) is 0 Å². The van der Waals surface area contributed by atoms with E-state index in [0.29, 0.717) is 28.6 Å². The highest BCUT2D eigenvalue weighted by Crippen LogP contribution is 2.35. The van der Waals surface area contributed by atoms with E-state index in [4.69, 9.17) is 4.74 Å². The van der Waals surface area contributed by atoms with Crippen LogP contribution in [0.5, 0.6) is 5.75 Å². The molecule has 0 fully saturated rings. The standard InChI is InChI=1S/C18H21N3O3S/c1-4-9-19-17(22)15-10-21(13-7-5-6-8-14(13)24-15)18(23)16-11(2)20-12(3)25-16/h5-8,15H,4,9-10H2,1-3H3,(H,19,22)/t15-/m1/s1. The fourth-order valence-electron chi connectivity index (χ4n) is 2.78. The summed E-state index contributed by atoms with van der Waals surface area (Å²) in [5, 5.41) is 3.68. The van der Waals surface area contributed by atoms with Crippen LogP contribution in [0, 0.1) is 13.8 Å². The van der Waals surface area contributed by atoms with Gasteiger partial charge in [-0.2, -0.15) is 0 Å². The Morgan fingerprint density at radius 3 is 2.80 bits per heavy atom. The van der Waals surface area contributed by atoms with Gasteiger partial charge in [0.1, 0.15) is 10.6 Å². The number of fused-ring (bicyclic) bond motifs is 1. The lowest BCUT2D eigenvalue weighted by Crippen LogP contribution is -2.50. The summed E-state index contributed by atoms with van der Waals surface area (Å²) < 4.78 is 5.82. The van der Waals surface area contributed by atoms with Gasteiger partial charge in [-0.25, -0.2) is 4.98 Å². The number of carbonyl (C=O) groups is 2. The minimum atomic E-state index is -0.722. The summed E-state index contributed by atoms with van der Waals surface area (Å²) in [5.74, 6) is 0.191. The number of hydrogen-bond donors (Lipinski definition) is 1. The Bertz CT molecular complexity index is 803. The van der Waals surface area contributed by atoms with Crippen molar-refractivity contribution < 1.29 is 14.3 Å². The van der Waals surface area contributed by atoms with Gasteiger partial charge in [-0.15, -0.1) is 11.3 Å². The van der Waals surface area contributed by atoms with Crippen LogP contribution in [0.15, 0.2) is 24.3 Å². The first kappa shape index (κ1) is 17.4. The Hall–Kier alpha value is -2.41. The summed E-state index contributed by atoms with van der Waals surface area (Å²) in [4.78, 5) is 32.0. The molecule has 0 unspecified atom stereocenters. The molecule has 2 amide bonds. The first-order valence-corrected chi connectivity index (χ1v) is 9.12. The summed E-state index contributed by atoms with van der Waals surface area (Å²) in [7, 11) is 0. The molecule has 1 aromatic heterocycles. The zero-order valence-electron chi connectivity index (χ0n) is 14.5. The number of aromatic nitrogens is 1. The van der Waals surface area contributed by atoms with Gasteiger partial charge in [0, 0.05) is 6.54 Å². The Kier molecular flexibility index (Phi) is 5.03. The maximum atomic E-state index is 13.1. The first-order chi connectivity index (χ1) is 12.0. The van der Waals surface area contributed by atoms with Crippen molar-refractivity contribution in [3.05, 3.63) is 39.8 Å². The van der Waals surface area contributed by atoms with Crippen LogP contribution in [0.1, 0.15) is 33.7 Å².